The lowest BCUT2D eigenvalue weighted by Crippen LogP contribution is -2.47. The number of hydrogen-bond donors (Lipinski definition) is 2. The molecule has 0 saturated heterocycles. The van der Waals surface area contributed by atoms with Crippen LogP contribution in [0.25, 0.3) is 0 Å². The van der Waals surface area contributed by atoms with Crippen molar-refractivity contribution in [1.29, 1.82) is 0 Å². The predicted molar refractivity (Wildman–Crippen MR) is 79.6 cm³/mol. The fraction of sp³-hybridized carbons (Fsp3) is 0.467. The van der Waals surface area contributed by atoms with Crippen LogP contribution in [0.2, 0.25) is 5.02 Å². The summed E-state index contributed by atoms with van der Waals surface area (Å²) >= 11 is 5.68. The second-order valence-electron chi connectivity index (χ2n) is 5.34. The van der Waals surface area contributed by atoms with Crippen molar-refractivity contribution >= 4 is 29.1 Å². The molecule has 1 aliphatic rings. The Balaban J connectivity index is 2.11. The van der Waals surface area contributed by atoms with E-state index in [0.717, 1.165) is 31.7 Å². The molecule has 0 bridgehead atoms. The molecule has 114 valence electrons. The number of anilines is 1. The number of rotatable bonds is 4. The summed E-state index contributed by atoms with van der Waals surface area (Å²) in [5.41, 5.74) is 0.0674. The van der Waals surface area contributed by atoms with E-state index in [1.165, 1.54) is 19.1 Å². The first-order chi connectivity index (χ1) is 9.97. The Kier molecular flexibility index (Phi) is 5.17. The van der Waals surface area contributed by atoms with Crippen LogP contribution in [0, 0.1) is 11.7 Å². The van der Waals surface area contributed by atoms with Crippen LogP contribution in [-0.4, -0.2) is 17.9 Å². The summed E-state index contributed by atoms with van der Waals surface area (Å²) in [5.74, 6) is -1.15. The molecule has 1 aliphatic carbocycles. The number of carbonyl (C=O) groups excluding carboxylic acids is 2. The lowest BCUT2D eigenvalue weighted by atomic mass is 9.97. The predicted octanol–water partition coefficient (Wildman–Crippen LogP) is 3.11. The molecule has 1 aromatic rings. The minimum atomic E-state index is -0.625. The van der Waals surface area contributed by atoms with E-state index in [2.05, 4.69) is 10.6 Å². The Morgan fingerprint density at radius 3 is 2.57 bits per heavy atom. The molecule has 6 heteroatoms. The van der Waals surface area contributed by atoms with Gasteiger partial charge in [0.1, 0.15) is 11.9 Å². The molecule has 0 aliphatic heterocycles. The van der Waals surface area contributed by atoms with E-state index in [0.29, 0.717) is 0 Å². The van der Waals surface area contributed by atoms with Gasteiger partial charge in [0.15, 0.2) is 0 Å². The highest BCUT2D eigenvalue weighted by Crippen LogP contribution is 2.29. The zero-order valence-electron chi connectivity index (χ0n) is 11.8. The summed E-state index contributed by atoms with van der Waals surface area (Å²) in [6.07, 6.45) is 3.87. The first-order valence-corrected chi connectivity index (χ1v) is 7.38. The van der Waals surface area contributed by atoms with Gasteiger partial charge in [-0.2, -0.15) is 0 Å². The fourth-order valence-corrected chi connectivity index (χ4v) is 2.87. The van der Waals surface area contributed by atoms with Crippen molar-refractivity contribution in [1.82, 2.24) is 5.32 Å². The molecule has 0 aromatic heterocycles. The van der Waals surface area contributed by atoms with Gasteiger partial charge in [0.2, 0.25) is 11.8 Å². The Morgan fingerprint density at radius 2 is 2.00 bits per heavy atom. The summed E-state index contributed by atoms with van der Waals surface area (Å²) < 4.78 is 13.7. The van der Waals surface area contributed by atoms with E-state index in [-0.39, 0.29) is 22.5 Å². The molecule has 2 N–H and O–H groups in total. The third kappa shape index (κ3) is 4.17. The Labute approximate surface area is 128 Å². The third-order valence-electron chi connectivity index (χ3n) is 3.70. The van der Waals surface area contributed by atoms with Crippen LogP contribution in [0.15, 0.2) is 18.2 Å². The van der Waals surface area contributed by atoms with Gasteiger partial charge in [0, 0.05) is 11.9 Å². The molecule has 0 radical (unpaired) electrons. The largest absolute Gasteiger partial charge is 0.344 e. The maximum atomic E-state index is 13.7. The van der Waals surface area contributed by atoms with Gasteiger partial charge in [0.25, 0.3) is 0 Å². The van der Waals surface area contributed by atoms with E-state index >= 15 is 0 Å². The van der Waals surface area contributed by atoms with E-state index in [1.54, 1.807) is 0 Å². The standard InChI is InChI=1S/C15H18ClFN2O2/c1-9(20)18-14(10-4-2-3-5-10)15(21)19-13-7-6-11(16)8-12(13)17/h6-8,10,14H,2-5H2,1H3,(H,18,20)(H,19,21). The molecule has 1 aromatic carbocycles. The van der Waals surface area contributed by atoms with Crippen molar-refractivity contribution in [3.8, 4) is 0 Å². The van der Waals surface area contributed by atoms with Gasteiger partial charge >= 0.3 is 0 Å². The first-order valence-electron chi connectivity index (χ1n) is 7.00. The second kappa shape index (κ2) is 6.89. The Hall–Kier alpha value is -1.62. The lowest BCUT2D eigenvalue weighted by Gasteiger charge is -2.23. The highest BCUT2D eigenvalue weighted by molar-refractivity contribution is 6.30. The molecule has 2 amide bonds. The van der Waals surface area contributed by atoms with Crippen LogP contribution in [0.3, 0.4) is 0 Å². The van der Waals surface area contributed by atoms with Crippen molar-refractivity contribution in [3.05, 3.63) is 29.0 Å². The van der Waals surface area contributed by atoms with Crippen molar-refractivity contribution in [2.24, 2.45) is 5.92 Å². The molecular formula is C15H18ClFN2O2. The zero-order valence-corrected chi connectivity index (χ0v) is 12.5. The smallest absolute Gasteiger partial charge is 0.247 e. The summed E-state index contributed by atoms with van der Waals surface area (Å²) in [5, 5.41) is 5.47. The van der Waals surface area contributed by atoms with Gasteiger partial charge in [-0.15, -0.1) is 0 Å². The van der Waals surface area contributed by atoms with E-state index in [9.17, 15) is 14.0 Å². The van der Waals surface area contributed by atoms with Crippen molar-refractivity contribution in [3.63, 3.8) is 0 Å². The molecular weight excluding hydrogens is 295 g/mol. The lowest BCUT2D eigenvalue weighted by molar-refractivity contribution is -0.126. The Morgan fingerprint density at radius 1 is 1.33 bits per heavy atom. The van der Waals surface area contributed by atoms with Crippen molar-refractivity contribution in [2.45, 2.75) is 38.6 Å². The molecule has 4 nitrogen and oxygen atoms in total. The summed E-state index contributed by atoms with van der Waals surface area (Å²) in [7, 11) is 0. The minimum Gasteiger partial charge on any atom is -0.344 e. The molecule has 0 heterocycles. The molecule has 0 spiro atoms. The topological polar surface area (TPSA) is 58.2 Å². The number of amides is 2. The first kappa shape index (κ1) is 15.8. The van der Waals surface area contributed by atoms with Gasteiger partial charge in [-0.1, -0.05) is 24.4 Å². The Bertz CT molecular complexity index is 544. The molecule has 1 fully saturated rings. The molecule has 1 unspecified atom stereocenters. The average Bonchev–Trinajstić information content (AvgIpc) is 2.92. The third-order valence-corrected chi connectivity index (χ3v) is 3.94. The highest BCUT2D eigenvalue weighted by Gasteiger charge is 2.31. The number of halogens is 2. The van der Waals surface area contributed by atoms with Crippen LogP contribution in [0.4, 0.5) is 10.1 Å². The average molecular weight is 313 g/mol. The fourth-order valence-electron chi connectivity index (χ4n) is 2.71. The quantitative estimate of drug-likeness (QED) is 0.897. The number of benzene rings is 1. The van der Waals surface area contributed by atoms with Gasteiger partial charge in [-0.3, -0.25) is 9.59 Å². The maximum absolute atomic E-state index is 13.7. The molecule has 21 heavy (non-hydrogen) atoms. The van der Waals surface area contributed by atoms with E-state index < -0.39 is 17.8 Å². The monoisotopic (exact) mass is 312 g/mol. The number of nitrogens with one attached hydrogen (secondary N) is 2. The number of carbonyl (C=O) groups is 2. The van der Waals surface area contributed by atoms with Gasteiger partial charge < -0.3 is 10.6 Å². The van der Waals surface area contributed by atoms with Crippen molar-refractivity contribution in [2.75, 3.05) is 5.32 Å². The van der Waals surface area contributed by atoms with Crippen molar-refractivity contribution < 1.29 is 14.0 Å². The van der Waals surface area contributed by atoms with E-state index in [1.807, 2.05) is 0 Å². The van der Waals surface area contributed by atoms with Gasteiger partial charge in [-0.25, -0.2) is 4.39 Å². The van der Waals surface area contributed by atoms with Crippen LogP contribution in [0.5, 0.6) is 0 Å². The highest BCUT2D eigenvalue weighted by atomic mass is 35.5. The maximum Gasteiger partial charge on any atom is 0.247 e. The normalized spacial score (nSPS) is 16.5. The summed E-state index contributed by atoms with van der Waals surface area (Å²) in [4.78, 5) is 23.6. The minimum absolute atomic E-state index is 0.0674. The van der Waals surface area contributed by atoms with E-state index in [4.69, 9.17) is 11.6 Å². The number of hydrogen-bond acceptors (Lipinski definition) is 2. The van der Waals surface area contributed by atoms with Gasteiger partial charge in [-0.05, 0) is 37.0 Å². The molecule has 2 rings (SSSR count). The summed E-state index contributed by atoms with van der Waals surface area (Å²) in [6, 6.07) is 3.43. The van der Waals surface area contributed by atoms with Crippen LogP contribution in [0.1, 0.15) is 32.6 Å². The van der Waals surface area contributed by atoms with Crippen LogP contribution < -0.4 is 10.6 Å². The summed E-state index contributed by atoms with van der Waals surface area (Å²) in [6.45, 7) is 1.37. The zero-order chi connectivity index (χ0) is 15.4. The molecule has 1 saturated carbocycles. The SMILES string of the molecule is CC(=O)NC(C(=O)Nc1ccc(Cl)cc1F)C1CCCC1. The molecule has 1 atom stereocenters. The van der Waals surface area contributed by atoms with Crippen LogP contribution in [-0.2, 0) is 9.59 Å². The van der Waals surface area contributed by atoms with Gasteiger partial charge in [0.05, 0.1) is 5.69 Å². The van der Waals surface area contributed by atoms with Crippen LogP contribution >= 0.6 is 11.6 Å². The second-order valence-corrected chi connectivity index (χ2v) is 5.77.